The Kier molecular flexibility index (Phi) is 3.72. The average Bonchev–Trinajstić information content (AvgIpc) is 2.63. The number of hydrogen-bond donors (Lipinski definition) is 0. The molecule has 0 amide bonds. The summed E-state index contributed by atoms with van der Waals surface area (Å²) in [5, 5.41) is 3.81. The molecule has 3 aromatic carbocycles. The van der Waals surface area contributed by atoms with Gasteiger partial charge in [0.05, 0.1) is 13.6 Å². The summed E-state index contributed by atoms with van der Waals surface area (Å²) < 4.78 is 8.75. The highest BCUT2D eigenvalue weighted by atomic mass is 28.3. The second kappa shape index (κ2) is 5.89. The Morgan fingerprint density at radius 2 is 1.76 bits per heavy atom. The van der Waals surface area contributed by atoms with Crippen molar-refractivity contribution in [3.8, 4) is 22.9 Å². The second-order valence-electron chi connectivity index (χ2n) is 9.40. The molecule has 4 heteroatoms. The van der Waals surface area contributed by atoms with Crippen molar-refractivity contribution < 1.29 is 9.30 Å². The van der Waals surface area contributed by atoms with E-state index in [1.54, 1.807) is 0 Å². The number of aryl methyl sites for hydroxylation is 3. The lowest BCUT2D eigenvalue weighted by Gasteiger charge is -2.23. The molecule has 1 aromatic heterocycles. The molecule has 0 fully saturated rings. The standard InChI is InChI=1S/C25H27N2OSi/c1-14-11-17-13-15(2)16(3)21-22(17)19(12-14)28-25-24(21)27(4)18-9-8-10-20(23(18)26-25)29(5,6)7/h8-13H,1-7H3/q+1. The molecule has 0 atom stereocenters. The van der Waals surface area contributed by atoms with Crippen LogP contribution in [0.4, 0.5) is 0 Å². The van der Waals surface area contributed by atoms with Crippen molar-refractivity contribution in [2.45, 2.75) is 40.4 Å². The summed E-state index contributed by atoms with van der Waals surface area (Å²) in [7, 11) is 0.599. The van der Waals surface area contributed by atoms with Crippen molar-refractivity contribution in [1.82, 2.24) is 4.98 Å². The molecular weight excluding hydrogens is 372 g/mol. The van der Waals surface area contributed by atoms with Crippen LogP contribution in [-0.2, 0) is 7.05 Å². The van der Waals surface area contributed by atoms with E-state index in [1.165, 1.54) is 38.2 Å². The van der Waals surface area contributed by atoms with Gasteiger partial charge in [0.1, 0.15) is 18.3 Å². The van der Waals surface area contributed by atoms with Gasteiger partial charge < -0.3 is 4.74 Å². The Morgan fingerprint density at radius 1 is 1.00 bits per heavy atom. The largest absolute Gasteiger partial charge is 0.433 e. The van der Waals surface area contributed by atoms with Gasteiger partial charge in [-0.3, -0.25) is 0 Å². The zero-order valence-corrected chi connectivity index (χ0v) is 19.3. The van der Waals surface area contributed by atoms with Gasteiger partial charge in [0.25, 0.3) is 11.6 Å². The molecule has 0 saturated heterocycles. The molecule has 29 heavy (non-hydrogen) atoms. The van der Waals surface area contributed by atoms with Gasteiger partial charge in [-0.2, -0.15) is 4.57 Å². The first kappa shape index (κ1) is 18.3. The van der Waals surface area contributed by atoms with Gasteiger partial charge in [-0.05, 0) is 54.1 Å². The predicted octanol–water partition coefficient (Wildman–Crippen LogP) is 5.46. The lowest BCUT2D eigenvalue weighted by Crippen LogP contribution is -2.42. The normalized spacial score (nSPS) is 12.9. The Hall–Kier alpha value is -2.72. The van der Waals surface area contributed by atoms with E-state index < -0.39 is 8.07 Å². The summed E-state index contributed by atoms with van der Waals surface area (Å²) >= 11 is 0. The van der Waals surface area contributed by atoms with Crippen LogP contribution in [0.3, 0.4) is 0 Å². The fraction of sp³-hybridized carbons (Fsp3) is 0.280. The number of para-hydroxylation sites is 1. The van der Waals surface area contributed by atoms with Crippen LogP contribution in [0.1, 0.15) is 16.7 Å². The molecule has 0 saturated carbocycles. The first-order valence-corrected chi connectivity index (χ1v) is 13.7. The maximum Gasteiger partial charge on any atom is 0.294 e. The van der Waals surface area contributed by atoms with Gasteiger partial charge in [-0.15, -0.1) is 0 Å². The van der Waals surface area contributed by atoms with Gasteiger partial charge >= 0.3 is 0 Å². The van der Waals surface area contributed by atoms with Gasteiger partial charge in [-0.25, -0.2) is 4.98 Å². The van der Waals surface area contributed by atoms with E-state index in [1.807, 2.05) is 0 Å². The summed E-state index contributed by atoms with van der Waals surface area (Å²) in [4.78, 5) is 5.12. The summed E-state index contributed by atoms with van der Waals surface area (Å²) in [6.07, 6.45) is 0. The molecule has 1 aliphatic rings. The predicted molar refractivity (Wildman–Crippen MR) is 123 cm³/mol. The van der Waals surface area contributed by atoms with Crippen LogP contribution in [0.5, 0.6) is 11.6 Å². The lowest BCUT2D eigenvalue weighted by molar-refractivity contribution is -0.634. The summed E-state index contributed by atoms with van der Waals surface area (Å²) in [5.74, 6) is 1.64. The zero-order chi connectivity index (χ0) is 20.7. The van der Waals surface area contributed by atoms with E-state index >= 15 is 0 Å². The monoisotopic (exact) mass is 399 g/mol. The first-order valence-electron chi connectivity index (χ1n) is 10.2. The molecule has 0 spiro atoms. The quantitative estimate of drug-likeness (QED) is 0.276. The number of nitrogens with zero attached hydrogens (tertiary/aromatic N) is 2. The van der Waals surface area contributed by atoms with Crippen LogP contribution in [0.2, 0.25) is 19.6 Å². The fourth-order valence-corrected chi connectivity index (χ4v) is 6.15. The van der Waals surface area contributed by atoms with Crippen molar-refractivity contribution in [1.29, 1.82) is 0 Å². The number of aromatic nitrogens is 2. The summed E-state index contributed by atoms with van der Waals surface area (Å²) in [6, 6.07) is 13.3. The third-order valence-corrected chi connectivity index (χ3v) is 8.26. The van der Waals surface area contributed by atoms with Gasteiger partial charge in [0, 0.05) is 11.5 Å². The molecule has 0 radical (unpaired) electrons. The van der Waals surface area contributed by atoms with Crippen molar-refractivity contribution in [3.63, 3.8) is 0 Å². The van der Waals surface area contributed by atoms with Crippen LogP contribution in [0.25, 0.3) is 33.1 Å². The number of ether oxygens (including phenoxy) is 1. The van der Waals surface area contributed by atoms with Crippen molar-refractivity contribution >= 4 is 35.1 Å². The molecule has 1 aliphatic heterocycles. The average molecular weight is 400 g/mol. The van der Waals surface area contributed by atoms with E-state index in [-0.39, 0.29) is 0 Å². The SMILES string of the molecule is Cc1cc2c3c(c(C)c(C)cc3c1)-c1c(nc3c([Si](C)(C)C)cccc3[n+]1C)O2. The fourth-order valence-electron chi connectivity index (χ4n) is 4.66. The van der Waals surface area contributed by atoms with Gasteiger partial charge in [-0.1, -0.05) is 43.9 Å². The van der Waals surface area contributed by atoms with E-state index in [9.17, 15) is 0 Å². The number of rotatable bonds is 1. The minimum Gasteiger partial charge on any atom is -0.433 e. The van der Waals surface area contributed by atoms with Crippen LogP contribution >= 0.6 is 0 Å². The van der Waals surface area contributed by atoms with Crippen LogP contribution < -0.4 is 14.5 Å². The molecule has 0 N–H and O–H groups in total. The van der Waals surface area contributed by atoms with Crippen molar-refractivity contribution in [2.75, 3.05) is 0 Å². The highest BCUT2D eigenvalue weighted by Crippen LogP contribution is 2.47. The number of hydrogen-bond acceptors (Lipinski definition) is 2. The minimum absolute atomic E-state index is 0.721. The molecular formula is C25H27N2OSi+. The van der Waals surface area contributed by atoms with E-state index in [0.717, 1.165) is 28.4 Å². The Bertz CT molecular complexity index is 1350. The first-order chi connectivity index (χ1) is 13.7. The molecule has 0 aliphatic carbocycles. The highest BCUT2D eigenvalue weighted by molar-refractivity contribution is 6.90. The number of fused-ring (bicyclic) bond motifs is 3. The topological polar surface area (TPSA) is 26.0 Å². The third-order valence-electron chi connectivity index (χ3n) is 6.24. The smallest absolute Gasteiger partial charge is 0.294 e. The Balaban J connectivity index is 1.97. The van der Waals surface area contributed by atoms with E-state index in [0.29, 0.717) is 0 Å². The van der Waals surface area contributed by atoms with Crippen molar-refractivity contribution in [3.05, 3.63) is 53.1 Å². The molecule has 3 nitrogen and oxygen atoms in total. The maximum atomic E-state index is 6.47. The van der Waals surface area contributed by atoms with Crippen molar-refractivity contribution in [2.24, 2.45) is 7.05 Å². The lowest BCUT2D eigenvalue weighted by atomic mass is 9.90. The van der Waals surface area contributed by atoms with Gasteiger partial charge in [0.2, 0.25) is 5.52 Å². The summed E-state index contributed by atoms with van der Waals surface area (Å²) in [6.45, 7) is 13.6. The highest BCUT2D eigenvalue weighted by Gasteiger charge is 2.34. The molecule has 0 bridgehead atoms. The minimum atomic E-state index is -1.55. The van der Waals surface area contributed by atoms with Crippen LogP contribution in [0, 0.1) is 20.8 Å². The van der Waals surface area contributed by atoms with Gasteiger partial charge in [0.15, 0.2) is 0 Å². The molecule has 146 valence electrons. The Labute approximate surface area is 173 Å². The molecule has 5 rings (SSSR count). The number of benzene rings is 3. The second-order valence-corrected chi connectivity index (χ2v) is 14.4. The maximum absolute atomic E-state index is 6.47. The van der Waals surface area contributed by atoms with Crippen LogP contribution in [-0.4, -0.2) is 13.1 Å². The third kappa shape index (κ3) is 2.55. The Morgan fingerprint density at radius 3 is 2.48 bits per heavy atom. The van der Waals surface area contributed by atoms with E-state index in [2.05, 4.69) is 88.4 Å². The summed E-state index contributed by atoms with van der Waals surface area (Å²) in [5.41, 5.74) is 8.37. The molecule has 0 unspecified atom stereocenters. The molecule has 4 aromatic rings. The van der Waals surface area contributed by atoms with E-state index in [4.69, 9.17) is 9.72 Å². The van der Waals surface area contributed by atoms with Crippen LogP contribution in [0.15, 0.2) is 36.4 Å². The zero-order valence-electron chi connectivity index (χ0n) is 18.3. The molecule has 2 heterocycles.